The Hall–Kier alpha value is -2.04. The zero-order chi connectivity index (χ0) is 16.9. The van der Waals surface area contributed by atoms with Crippen molar-refractivity contribution < 1.29 is 9.47 Å². The first-order valence-corrected chi connectivity index (χ1v) is 7.93. The molecule has 2 aromatic rings. The van der Waals surface area contributed by atoms with Gasteiger partial charge in [0.25, 0.3) is 0 Å². The van der Waals surface area contributed by atoms with Crippen molar-refractivity contribution in [2.75, 3.05) is 13.3 Å². The van der Waals surface area contributed by atoms with E-state index in [-0.39, 0.29) is 30.8 Å². The van der Waals surface area contributed by atoms with Crippen LogP contribution in [0.1, 0.15) is 24.1 Å². The summed E-state index contributed by atoms with van der Waals surface area (Å²) >= 11 is 0. The van der Waals surface area contributed by atoms with E-state index in [1.807, 2.05) is 43.7 Å². The molecule has 0 aliphatic carbocycles. The van der Waals surface area contributed by atoms with Crippen LogP contribution in [0.2, 0.25) is 0 Å². The van der Waals surface area contributed by atoms with Gasteiger partial charge in [0.15, 0.2) is 23.3 Å². The summed E-state index contributed by atoms with van der Waals surface area (Å²) in [5.74, 6) is 4.03. The number of halogens is 1. The zero-order valence-corrected chi connectivity index (χ0v) is 16.9. The van der Waals surface area contributed by atoms with E-state index in [1.54, 1.807) is 0 Å². The number of fused-ring (bicyclic) bond motifs is 1. The predicted molar refractivity (Wildman–Crippen MR) is 105 cm³/mol. The summed E-state index contributed by atoms with van der Waals surface area (Å²) < 4.78 is 12.7. The van der Waals surface area contributed by atoms with Gasteiger partial charge in [0.1, 0.15) is 5.82 Å². The Balaban J connectivity index is 0.00000225. The fourth-order valence-electron chi connectivity index (χ4n) is 2.32. The van der Waals surface area contributed by atoms with Gasteiger partial charge in [-0.3, -0.25) is 0 Å². The minimum absolute atomic E-state index is 0. The molecule has 0 unspecified atom stereocenters. The first-order chi connectivity index (χ1) is 11.7. The highest BCUT2D eigenvalue weighted by molar-refractivity contribution is 14.0. The summed E-state index contributed by atoms with van der Waals surface area (Å²) in [6.07, 6.45) is 0. The normalized spacial score (nSPS) is 12.7. The molecule has 0 saturated carbocycles. The Bertz CT molecular complexity index is 746. The van der Waals surface area contributed by atoms with Gasteiger partial charge in [0.05, 0.1) is 13.1 Å². The Morgan fingerprint density at radius 3 is 2.76 bits per heavy atom. The number of aromatic nitrogens is 3. The molecule has 2 N–H and O–H groups in total. The van der Waals surface area contributed by atoms with Crippen molar-refractivity contribution >= 4 is 29.9 Å². The molecule has 1 aliphatic rings. The Kier molecular flexibility index (Phi) is 6.85. The lowest BCUT2D eigenvalue weighted by Gasteiger charge is -2.11. The number of hydrogen-bond donors (Lipinski definition) is 2. The second-order valence-corrected chi connectivity index (χ2v) is 5.46. The van der Waals surface area contributed by atoms with E-state index in [2.05, 4.69) is 25.8 Å². The maximum atomic E-state index is 5.39. The standard InChI is InChI=1S/C16H22N6O2.HI/c1-4-17-16(19-9-15-21-20-11(2)22(15)3)18-8-12-5-6-13-14(7-12)24-10-23-13;/h5-7H,4,8-10H2,1-3H3,(H2,17,18,19);1H. The van der Waals surface area contributed by atoms with Crippen LogP contribution in [0.15, 0.2) is 23.2 Å². The van der Waals surface area contributed by atoms with Crippen molar-refractivity contribution in [2.45, 2.75) is 26.9 Å². The van der Waals surface area contributed by atoms with Crippen LogP contribution in [0.3, 0.4) is 0 Å². The summed E-state index contributed by atoms with van der Waals surface area (Å²) in [5.41, 5.74) is 1.06. The highest BCUT2D eigenvalue weighted by Crippen LogP contribution is 2.32. The fourth-order valence-corrected chi connectivity index (χ4v) is 2.32. The average molecular weight is 458 g/mol. The van der Waals surface area contributed by atoms with Crippen molar-refractivity contribution in [2.24, 2.45) is 12.0 Å². The van der Waals surface area contributed by atoms with E-state index >= 15 is 0 Å². The quantitative estimate of drug-likeness (QED) is 0.404. The van der Waals surface area contributed by atoms with Crippen LogP contribution >= 0.6 is 24.0 Å². The second-order valence-electron chi connectivity index (χ2n) is 5.46. The molecule has 0 atom stereocenters. The summed E-state index contributed by atoms with van der Waals surface area (Å²) in [7, 11) is 1.95. The van der Waals surface area contributed by atoms with Gasteiger partial charge in [-0.25, -0.2) is 4.99 Å². The topological polar surface area (TPSA) is 85.6 Å². The van der Waals surface area contributed by atoms with Crippen molar-refractivity contribution in [3.63, 3.8) is 0 Å². The lowest BCUT2D eigenvalue weighted by Crippen LogP contribution is -2.37. The monoisotopic (exact) mass is 458 g/mol. The maximum absolute atomic E-state index is 5.39. The number of hydrogen-bond acceptors (Lipinski definition) is 5. The summed E-state index contributed by atoms with van der Waals surface area (Å²) in [6.45, 7) is 6.13. The molecule has 25 heavy (non-hydrogen) atoms. The van der Waals surface area contributed by atoms with Gasteiger partial charge in [0.2, 0.25) is 6.79 Å². The molecule has 9 heteroatoms. The Labute approximate surface area is 164 Å². The van der Waals surface area contributed by atoms with E-state index in [0.29, 0.717) is 13.1 Å². The molecule has 0 amide bonds. The van der Waals surface area contributed by atoms with Gasteiger partial charge >= 0.3 is 0 Å². The minimum Gasteiger partial charge on any atom is -0.454 e. The van der Waals surface area contributed by atoms with Crippen LogP contribution in [0.5, 0.6) is 11.5 Å². The molecule has 1 aromatic heterocycles. The summed E-state index contributed by atoms with van der Waals surface area (Å²) in [5, 5.41) is 14.7. The molecule has 0 radical (unpaired) electrons. The number of aliphatic imine (C=N–C) groups is 1. The van der Waals surface area contributed by atoms with E-state index in [4.69, 9.17) is 9.47 Å². The van der Waals surface area contributed by atoms with Crippen LogP contribution in [0.25, 0.3) is 0 Å². The number of nitrogens with zero attached hydrogens (tertiary/aromatic N) is 4. The first-order valence-electron chi connectivity index (χ1n) is 7.93. The van der Waals surface area contributed by atoms with E-state index in [0.717, 1.165) is 41.2 Å². The summed E-state index contributed by atoms with van der Waals surface area (Å²) in [4.78, 5) is 4.60. The molecule has 1 aromatic carbocycles. The first kappa shape index (κ1) is 19.3. The molecule has 8 nitrogen and oxygen atoms in total. The molecule has 0 saturated heterocycles. The van der Waals surface area contributed by atoms with Gasteiger partial charge in [-0.05, 0) is 31.5 Å². The third kappa shape index (κ3) is 4.74. The molecular weight excluding hydrogens is 435 g/mol. The largest absolute Gasteiger partial charge is 0.454 e. The average Bonchev–Trinajstić information content (AvgIpc) is 3.17. The number of nitrogens with one attached hydrogen (secondary N) is 2. The molecule has 0 bridgehead atoms. The number of ether oxygens (including phenoxy) is 2. The van der Waals surface area contributed by atoms with Crippen molar-refractivity contribution in [3.8, 4) is 11.5 Å². The summed E-state index contributed by atoms with van der Waals surface area (Å²) in [6, 6.07) is 5.86. The van der Waals surface area contributed by atoms with Crippen LogP contribution in [-0.4, -0.2) is 34.1 Å². The van der Waals surface area contributed by atoms with Gasteiger partial charge < -0.3 is 24.7 Å². The van der Waals surface area contributed by atoms with Crippen LogP contribution < -0.4 is 20.1 Å². The van der Waals surface area contributed by atoms with Crippen molar-refractivity contribution in [3.05, 3.63) is 35.4 Å². The molecule has 2 heterocycles. The van der Waals surface area contributed by atoms with E-state index < -0.39 is 0 Å². The second kappa shape index (κ2) is 8.88. The molecule has 0 spiro atoms. The zero-order valence-electron chi connectivity index (χ0n) is 14.6. The maximum Gasteiger partial charge on any atom is 0.231 e. The SMILES string of the molecule is CCNC(=NCc1ccc2c(c1)OCO2)NCc1nnc(C)n1C.I. The number of guanidine groups is 1. The van der Waals surface area contributed by atoms with Gasteiger partial charge in [-0.1, -0.05) is 6.07 Å². The van der Waals surface area contributed by atoms with Gasteiger partial charge in [0, 0.05) is 13.6 Å². The van der Waals surface area contributed by atoms with E-state index in [9.17, 15) is 0 Å². The van der Waals surface area contributed by atoms with E-state index in [1.165, 1.54) is 0 Å². The van der Waals surface area contributed by atoms with Gasteiger partial charge in [-0.2, -0.15) is 0 Å². The molecule has 1 aliphatic heterocycles. The number of aryl methyl sites for hydroxylation is 1. The minimum atomic E-state index is 0. The molecule has 136 valence electrons. The highest BCUT2D eigenvalue weighted by Gasteiger charge is 2.13. The highest BCUT2D eigenvalue weighted by atomic mass is 127. The van der Waals surface area contributed by atoms with Gasteiger partial charge in [-0.15, -0.1) is 34.2 Å². The lowest BCUT2D eigenvalue weighted by atomic mass is 10.2. The smallest absolute Gasteiger partial charge is 0.231 e. The number of benzene rings is 1. The van der Waals surface area contributed by atoms with Crippen LogP contribution in [-0.2, 0) is 20.1 Å². The number of rotatable bonds is 5. The van der Waals surface area contributed by atoms with Crippen LogP contribution in [0, 0.1) is 6.92 Å². The fraction of sp³-hybridized carbons (Fsp3) is 0.438. The molecule has 0 fully saturated rings. The molecular formula is C16H23IN6O2. The predicted octanol–water partition coefficient (Wildman–Crippen LogP) is 1.73. The lowest BCUT2D eigenvalue weighted by molar-refractivity contribution is 0.174. The third-order valence-electron chi connectivity index (χ3n) is 3.80. The Morgan fingerprint density at radius 2 is 2.04 bits per heavy atom. The van der Waals surface area contributed by atoms with Crippen molar-refractivity contribution in [1.29, 1.82) is 0 Å². The van der Waals surface area contributed by atoms with Crippen molar-refractivity contribution in [1.82, 2.24) is 25.4 Å². The molecule has 3 rings (SSSR count). The van der Waals surface area contributed by atoms with Crippen LogP contribution in [0.4, 0.5) is 0 Å². The third-order valence-corrected chi connectivity index (χ3v) is 3.80. The Morgan fingerprint density at radius 1 is 1.24 bits per heavy atom.